The first-order valence-electron chi connectivity index (χ1n) is 5.02. The Bertz CT molecular complexity index is 454. The lowest BCUT2D eigenvalue weighted by atomic mass is 10.1. The van der Waals surface area contributed by atoms with Crippen molar-refractivity contribution in [2.24, 2.45) is 5.84 Å². The van der Waals surface area contributed by atoms with Crippen molar-refractivity contribution in [3.8, 4) is 0 Å². The molecule has 0 atom stereocenters. The number of halogens is 1. The molecule has 0 spiro atoms. The number of hydrogen-bond donors (Lipinski definition) is 2. The van der Waals surface area contributed by atoms with Crippen molar-refractivity contribution < 1.29 is 18.7 Å². The molecule has 0 saturated carbocycles. The summed E-state index contributed by atoms with van der Waals surface area (Å²) in [5.41, 5.74) is 2.58. The van der Waals surface area contributed by atoms with E-state index in [4.69, 9.17) is 5.84 Å². The fraction of sp³-hybridized carbons (Fsp3) is 0.273. The van der Waals surface area contributed by atoms with Crippen molar-refractivity contribution in [2.45, 2.75) is 5.75 Å². The van der Waals surface area contributed by atoms with E-state index in [2.05, 4.69) is 4.74 Å². The van der Waals surface area contributed by atoms with Gasteiger partial charge in [0.25, 0.3) is 5.91 Å². The number of carbonyl (C=O) groups is 2. The Hall–Kier alpha value is -1.60. The molecule has 1 amide bonds. The lowest BCUT2D eigenvalue weighted by molar-refractivity contribution is -0.137. The van der Waals surface area contributed by atoms with Crippen LogP contribution in [0.3, 0.4) is 0 Å². The van der Waals surface area contributed by atoms with Crippen molar-refractivity contribution in [3.63, 3.8) is 0 Å². The second-order valence-corrected chi connectivity index (χ2v) is 4.33. The van der Waals surface area contributed by atoms with Crippen LogP contribution in [0.1, 0.15) is 15.9 Å². The number of nitrogens with one attached hydrogen (secondary N) is 1. The average Bonchev–Trinajstić information content (AvgIpc) is 2.39. The molecule has 1 aromatic carbocycles. The summed E-state index contributed by atoms with van der Waals surface area (Å²) in [6.07, 6.45) is 0. The molecule has 0 bridgehead atoms. The first-order valence-corrected chi connectivity index (χ1v) is 6.18. The van der Waals surface area contributed by atoms with Gasteiger partial charge in [-0.2, -0.15) is 0 Å². The number of nitrogens with two attached hydrogens (primary N) is 1. The largest absolute Gasteiger partial charge is 0.468 e. The number of carbonyl (C=O) groups excluding carboxylic acids is 2. The summed E-state index contributed by atoms with van der Waals surface area (Å²) in [7, 11) is 1.29. The van der Waals surface area contributed by atoms with Crippen molar-refractivity contribution in [3.05, 3.63) is 35.1 Å². The second-order valence-electron chi connectivity index (χ2n) is 3.35. The molecule has 0 aliphatic rings. The van der Waals surface area contributed by atoms with Crippen molar-refractivity contribution in [1.82, 2.24) is 5.43 Å². The molecule has 3 N–H and O–H groups in total. The molecule has 18 heavy (non-hydrogen) atoms. The minimum atomic E-state index is -0.491. The van der Waals surface area contributed by atoms with Crippen LogP contribution >= 0.6 is 11.8 Å². The Balaban J connectivity index is 2.69. The molecule has 5 nitrogen and oxygen atoms in total. The van der Waals surface area contributed by atoms with Gasteiger partial charge < -0.3 is 4.74 Å². The lowest BCUT2D eigenvalue weighted by Crippen LogP contribution is -2.30. The van der Waals surface area contributed by atoms with E-state index in [1.807, 2.05) is 5.43 Å². The Morgan fingerprint density at radius 3 is 2.83 bits per heavy atom. The predicted molar refractivity (Wildman–Crippen MR) is 66.2 cm³/mol. The van der Waals surface area contributed by atoms with Gasteiger partial charge in [-0.1, -0.05) is 0 Å². The summed E-state index contributed by atoms with van der Waals surface area (Å²) in [6.45, 7) is 0. The number of esters is 1. The van der Waals surface area contributed by atoms with Crippen molar-refractivity contribution in [2.75, 3.05) is 12.9 Å². The Kier molecular flexibility index (Phi) is 5.60. The zero-order valence-electron chi connectivity index (χ0n) is 9.73. The van der Waals surface area contributed by atoms with Crippen molar-refractivity contribution in [1.29, 1.82) is 0 Å². The van der Waals surface area contributed by atoms with Crippen LogP contribution in [0, 0.1) is 5.82 Å². The maximum atomic E-state index is 13.5. The highest BCUT2D eigenvalue weighted by Gasteiger charge is 2.09. The number of thioether (sulfide) groups is 1. The zero-order chi connectivity index (χ0) is 13.5. The topological polar surface area (TPSA) is 81.4 Å². The van der Waals surface area contributed by atoms with Crippen LogP contribution in [-0.4, -0.2) is 24.7 Å². The number of nitrogen functional groups attached to an aromatic ring is 1. The van der Waals surface area contributed by atoms with Gasteiger partial charge in [0.15, 0.2) is 0 Å². The highest BCUT2D eigenvalue weighted by atomic mass is 32.2. The fourth-order valence-corrected chi connectivity index (χ4v) is 2.04. The molecular formula is C11H13FN2O3S. The standard InChI is InChI=1S/C11H13FN2O3S/c1-17-10(15)6-18-5-8-4-7(11(16)14-13)2-3-9(8)12/h2-4H,5-6,13H2,1H3,(H,14,16). The minimum Gasteiger partial charge on any atom is -0.468 e. The number of methoxy groups -OCH3 is 1. The minimum absolute atomic E-state index is 0.128. The van der Waals surface area contributed by atoms with Crippen LogP contribution in [0.5, 0.6) is 0 Å². The summed E-state index contributed by atoms with van der Waals surface area (Å²) >= 11 is 1.20. The highest BCUT2D eigenvalue weighted by Crippen LogP contribution is 2.17. The number of rotatable bonds is 5. The molecule has 0 aromatic heterocycles. The average molecular weight is 272 g/mol. The summed E-state index contributed by atoms with van der Waals surface area (Å²) < 4.78 is 17.9. The third-order valence-corrected chi connectivity index (χ3v) is 3.10. The smallest absolute Gasteiger partial charge is 0.315 e. The van der Waals surface area contributed by atoms with Gasteiger partial charge in [-0.05, 0) is 23.8 Å². The van der Waals surface area contributed by atoms with Gasteiger partial charge >= 0.3 is 5.97 Å². The molecular weight excluding hydrogens is 259 g/mol. The number of benzene rings is 1. The molecule has 1 rings (SSSR count). The van der Waals surface area contributed by atoms with Gasteiger partial charge in [0.2, 0.25) is 0 Å². The molecule has 0 unspecified atom stereocenters. The maximum Gasteiger partial charge on any atom is 0.315 e. The molecule has 0 aliphatic heterocycles. The Morgan fingerprint density at radius 1 is 1.50 bits per heavy atom. The van der Waals surface area contributed by atoms with Crippen LogP contribution in [0.4, 0.5) is 4.39 Å². The van der Waals surface area contributed by atoms with Crippen LogP contribution in [0.15, 0.2) is 18.2 Å². The van der Waals surface area contributed by atoms with Gasteiger partial charge in [-0.3, -0.25) is 15.0 Å². The second kappa shape index (κ2) is 6.97. The third-order valence-electron chi connectivity index (χ3n) is 2.14. The molecule has 0 radical (unpaired) electrons. The van der Waals surface area contributed by atoms with E-state index in [1.165, 1.54) is 37.1 Å². The van der Waals surface area contributed by atoms with E-state index in [-0.39, 0.29) is 23.0 Å². The number of hydrogen-bond acceptors (Lipinski definition) is 5. The molecule has 0 saturated heterocycles. The fourth-order valence-electron chi connectivity index (χ4n) is 1.21. The van der Waals surface area contributed by atoms with Crippen molar-refractivity contribution >= 4 is 23.6 Å². The molecule has 1 aromatic rings. The maximum absolute atomic E-state index is 13.5. The van der Waals surface area contributed by atoms with Gasteiger partial charge in [-0.15, -0.1) is 11.8 Å². The predicted octanol–water partition coefficient (Wildman–Crippen LogP) is 0.835. The molecule has 0 heterocycles. The van der Waals surface area contributed by atoms with Crippen LogP contribution < -0.4 is 11.3 Å². The van der Waals surface area contributed by atoms with Gasteiger partial charge in [-0.25, -0.2) is 10.2 Å². The lowest BCUT2D eigenvalue weighted by Gasteiger charge is -2.05. The van der Waals surface area contributed by atoms with E-state index in [1.54, 1.807) is 0 Å². The van der Waals surface area contributed by atoms with E-state index in [0.29, 0.717) is 5.56 Å². The van der Waals surface area contributed by atoms with E-state index in [0.717, 1.165) is 0 Å². The number of amides is 1. The molecule has 7 heteroatoms. The quantitative estimate of drug-likeness (QED) is 0.359. The van der Waals surface area contributed by atoms with E-state index in [9.17, 15) is 14.0 Å². The summed E-state index contributed by atoms with van der Waals surface area (Å²) in [5, 5.41) is 0. The summed E-state index contributed by atoms with van der Waals surface area (Å²) in [5.74, 6) is 4.09. The molecule has 0 aliphatic carbocycles. The summed E-state index contributed by atoms with van der Waals surface area (Å²) in [4.78, 5) is 22.2. The van der Waals surface area contributed by atoms with Crippen LogP contribution in [-0.2, 0) is 15.3 Å². The van der Waals surface area contributed by atoms with Crippen LogP contribution in [0.2, 0.25) is 0 Å². The molecule has 0 fully saturated rings. The number of ether oxygens (including phenoxy) is 1. The zero-order valence-corrected chi connectivity index (χ0v) is 10.6. The monoisotopic (exact) mass is 272 g/mol. The van der Waals surface area contributed by atoms with E-state index < -0.39 is 11.7 Å². The van der Waals surface area contributed by atoms with E-state index >= 15 is 0 Å². The van der Waals surface area contributed by atoms with Gasteiger partial charge in [0, 0.05) is 11.3 Å². The summed E-state index contributed by atoms with van der Waals surface area (Å²) in [6, 6.07) is 3.94. The first kappa shape index (κ1) is 14.5. The number of hydrazine groups is 1. The Labute approximate surface area is 108 Å². The Morgan fingerprint density at radius 2 is 2.22 bits per heavy atom. The highest BCUT2D eigenvalue weighted by molar-refractivity contribution is 7.99. The van der Waals surface area contributed by atoms with Gasteiger partial charge in [0.05, 0.1) is 12.9 Å². The van der Waals surface area contributed by atoms with Crippen LogP contribution in [0.25, 0.3) is 0 Å². The first-order chi connectivity index (χ1) is 8.58. The third kappa shape index (κ3) is 4.01. The molecule has 98 valence electrons. The SMILES string of the molecule is COC(=O)CSCc1cc(C(=O)NN)ccc1F. The normalized spacial score (nSPS) is 9.94. The van der Waals surface area contributed by atoms with Gasteiger partial charge in [0.1, 0.15) is 5.82 Å².